The highest BCUT2D eigenvalue weighted by molar-refractivity contribution is 6.42. The normalized spacial score (nSPS) is 20.5. The van der Waals surface area contributed by atoms with Crippen molar-refractivity contribution in [1.82, 2.24) is 10.9 Å². The van der Waals surface area contributed by atoms with Gasteiger partial charge in [-0.3, -0.25) is 4.79 Å². The van der Waals surface area contributed by atoms with E-state index in [-0.39, 0.29) is 18.0 Å². The van der Waals surface area contributed by atoms with Gasteiger partial charge in [-0.25, -0.2) is 10.9 Å². The first-order valence-electron chi connectivity index (χ1n) is 7.36. The lowest BCUT2D eigenvalue weighted by Gasteiger charge is -2.11. The minimum Gasteiger partial charge on any atom is -0.325 e. The predicted octanol–water partition coefficient (Wildman–Crippen LogP) is 3.85. The zero-order chi connectivity index (χ0) is 16.4. The van der Waals surface area contributed by atoms with E-state index in [1.54, 1.807) is 18.2 Å². The summed E-state index contributed by atoms with van der Waals surface area (Å²) in [4.78, 5) is 12.4. The molecular weight excluding hydrogens is 333 g/mol. The molecule has 0 aliphatic carbocycles. The molecular formula is C17H17Cl2N3O. The van der Waals surface area contributed by atoms with Crippen molar-refractivity contribution in [3.63, 3.8) is 0 Å². The summed E-state index contributed by atoms with van der Waals surface area (Å²) in [6.45, 7) is 2.05. The van der Waals surface area contributed by atoms with Crippen molar-refractivity contribution in [2.24, 2.45) is 0 Å². The van der Waals surface area contributed by atoms with Gasteiger partial charge in [-0.1, -0.05) is 53.0 Å². The number of hydrogen-bond donors (Lipinski definition) is 3. The molecule has 0 aromatic heterocycles. The Labute approximate surface area is 145 Å². The van der Waals surface area contributed by atoms with E-state index in [4.69, 9.17) is 23.2 Å². The number of aryl methyl sites for hydroxylation is 1. The zero-order valence-corrected chi connectivity index (χ0v) is 14.1. The van der Waals surface area contributed by atoms with E-state index in [1.165, 1.54) is 5.56 Å². The Morgan fingerprint density at radius 3 is 2.52 bits per heavy atom. The molecule has 4 nitrogen and oxygen atoms in total. The number of carbonyl (C=O) groups is 1. The Morgan fingerprint density at radius 2 is 1.83 bits per heavy atom. The van der Waals surface area contributed by atoms with Crippen LogP contribution in [0, 0.1) is 6.92 Å². The van der Waals surface area contributed by atoms with Gasteiger partial charge in [0.1, 0.15) is 6.04 Å². The third-order valence-corrected chi connectivity index (χ3v) is 4.63. The Hall–Kier alpha value is -1.59. The summed E-state index contributed by atoms with van der Waals surface area (Å²) in [5, 5.41) is 3.73. The Bertz CT molecular complexity index is 718. The predicted molar refractivity (Wildman–Crippen MR) is 93.7 cm³/mol. The highest BCUT2D eigenvalue weighted by Gasteiger charge is 2.30. The van der Waals surface area contributed by atoms with Crippen LogP contribution in [-0.4, -0.2) is 11.9 Å². The third-order valence-electron chi connectivity index (χ3n) is 3.89. The summed E-state index contributed by atoms with van der Waals surface area (Å²) in [6.07, 6.45) is 0.677. The second-order valence-corrected chi connectivity index (χ2v) is 6.47. The summed E-state index contributed by atoms with van der Waals surface area (Å²) >= 11 is 11.8. The van der Waals surface area contributed by atoms with E-state index in [0.29, 0.717) is 22.2 Å². The summed E-state index contributed by atoms with van der Waals surface area (Å²) in [5.41, 5.74) is 9.22. The fourth-order valence-electron chi connectivity index (χ4n) is 2.55. The molecule has 6 heteroatoms. The van der Waals surface area contributed by atoms with E-state index in [9.17, 15) is 4.79 Å². The van der Waals surface area contributed by atoms with Crippen LogP contribution in [0.3, 0.4) is 0 Å². The molecule has 3 rings (SSSR count). The first-order chi connectivity index (χ1) is 11.0. The van der Waals surface area contributed by atoms with Crippen LogP contribution in [0.2, 0.25) is 10.0 Å². The summed E-state index contributed by atoms with van der Waals surface area (Å²) < 4.78 is 0. The van der Waals surface area contributed by atoms with Gasteiger partial charge in [-0.05, 0) is 37.1 Å². The molecule has 1 saturated heterocycles. The van der Waals surface area contributed by atoms with E-state index in [0.717, 1.165) is 5.56 Å². The molecule has 2 aromatic carbocycles. The van der Waals surface area contributed by atoms with Gasteiger partial charge in [0.05, 0.1) is 10.0 Å². The SMILES string of the molecule is Cc1ccc(C2CC(C(=O)Nc3ccc(Cl)c(Cl)c3)NN2)cc1. The highest BCUT2D eigenvalue weighted by atomic mass is 35.5. The molecule has 0 bridgehead atoms. The number of hydrogen-bond acceptors (Lipinski definition) is 3. The topological polar surface area (TPSA) is 53.2 Å². The number of carbonyl (C=O) groups excluding carboxylic acids is 1. The fourth-order valence-corrected chi connectivity index (χ4v) is 2.85. The maximum Gasteiger partial charge on any atom is 0.242 e. The molecule has 2 unspecified atom stereocenters. The second kappa shape index (κ2) is 6.89. The van der Waals surface area contributed by atoms with Crippen LogP contribution in [-0.2, 0) is 4.79 Å². The van der Waals surface area contributed by atoms with Crippen LogP contribution in [0.1, 0.15) is 23.6 Å². The monoisotopic (exact) mass is 349 g/mol. The van der Waals surface area contributed by atoms with Crippen molar-refractivity contribution in [3.8, 4) is 0 Å². The molecule has 23 heavy (non-hydrogen) atoms. The Kier molecular flexibility index (Phi) is 4.87. The van der Waals surface area contributed by atoms with Crippen LogP contribution in [0.15, 0.2) is 42.5 Å². The van der Waals surface area contributed by atoms with Crippen molar-refractivity contribution < 1.29 is 4.79 Å². The first-order valence-corrected chi connectivity index (χ1v) is 8.12. The van der Waals surface area contributed by atoms with Gasteiger partial charge >= 0.3 is 0 Å². The van der Waals surface area contributed by atoms with Crippen molar-refractivity contribution in [3.05, 3.63) is 63.6 Å². The number of hydrazine groups is 1. The second-order valence-electron chi connectivity index (χ2n) is 5.66. The third kappa shape index (κ3) is 3.85. The van der Waals surface area contributed by atoms with Gasteiger partial charge in [-0.2, -0.15) is 0 Å². The van der Waals surface area contributed by atoms with Gasteiger partial charge in [-0.15, -0.1) is 0 Å². The maximum absolute atomic E-state index is 12.4. The number of anilines is 1. The van der Waals surface area contributed by atoms with Gasteiger partial charge in [0.2, 0.25) is 5.91 Å². The molecule has 1 aliphatic rings. The van der Waals surface area contributed by atoms with Crippen molar-refractivity contribution in [2.75, 3.05) is 5.32 Å². The van der Waals surface area contributed by atoms with Crippen LogP contribution in [0.25, 0.3) is 0 Å². The van der Waals surface area contributed by atoms with Crippen LogP contribution >= 0.6 is 23.2 Å². The first kappa shape index (κ1) is 16.3. The molecule has 1 fully saturated rings. The molecule has 120 valence electrons. The molecule has 0 radical (unpaired) electrons. The lowest BCUT2D eigenvalue weighted by Crippen LogP contribution is -2.39. The number of amides is 1. The Morgan fingerprint density at radius 1 is 1.09 bits per heavy atom. The van der Waals surface area contributed by atoms with Gasteiger partial charge in [0.25, 0.3) is 0 Å². The molecule has 1 amide bonds. The average Bonchev–Trinajstić information content (AvgIpc) is 3.02. The summed E-state index contributed by atoms with van der Waals surface area (Å²) in [7, 11) is 0. The van der Waals surface area contributed by atoms with Gasteiger partial charge in [0, 0.05) is 11.7 Å². The fraction of sp³-hybridized carbons (Fsp3) is 0.235. The lowest BCUT2D eigenvalue weighted by molar-refractivity contribution is -0.117. The van der Waals surface area contributed by atoms with Crippen molar-refractivity contribution in [1.29, 1.82) is 0 Å². The molecule has 1 aliphatic heterocycles. The van der Waals surface area contributed by atoms with Gasteiger partial charge < -0.3 is 5.32 Å². The van der Waals surface area contributed by atoms with E-state index in [2.05, 4.69) is 47.4 Å². The molecule has 2 aromatic rings. The highest BCUT2D eigenvalue weighted by Crippen LogP contribution is 2.26. The quantitative estimate of drug-likeness (QED) is 0.788. The maximum atomic E-state index is 12.4. The van der Waals surface area contributed by atoms with Crippen molar-refractivity contribution >= 4 is 34.8 Å². The number of halogens is 2. The van der Waals surface area contributed by atoms with Crippen molar-refractivity contribution in [2.45, 2.75) is 25.4 Å². The molecule has 2 atom stereocenters. The zero-order valence-electron chi connectivity index (χ0n) is 12.6. The largest absolute Gasteiger partial charge is 0.325 e. The smallest absolute Gasteiger partial charge is 0.242 e. The minimum absolute atomic E-state index is 0.106. The van der Waals surface area contributed by atoms with E-state index in [1.807, 2.05) is 0 Å². The standard InChI is InChI=1S/C17H17Cl2N3O/c1-10-2-4-11(5-3-10)15-9-16(22-21-15)17(23)20-12-6-7-13(18)14(19)8-12/h2-8,15-16,21-22H,9H2,1H3,(H,20,23). The minimum atomic E-state index is -0.309. The number of benzene rings is 2. The van der Waals surface area contributed by atoms with Crippen LogP contribution in [0.5, 0.6) is 0 Å². The summed E-state index contributed by atoms with van der Waals surface area (Å²) in [5.74, 6) is -0.106. The number of rotatable bonds is 3. The van der Waals surface area contributed by atoms with E-state index < -0.39 is 0 Å². The van der Waals surface area contributed by atoms with Gasteiger partial charge in [0.15, 0.2) is 0 Å². The van der Waals surface area contributed by atoms with E-state index >= 15 is 0 Å². The van der Waals surface area contributed by atoms with Crippen LogP contribution < -0.4 is 16.2 Å². The molecule has 1 heterocycles. The lowest BCUT2D eigenvalue weighted by atomic mass is 10.0. The summed E-state index contributed by atoms with van der Waals surface area (Å²) in [6, 6.07) is 13.1. The Balaban J connectivity index is 1.63. The molecule has 0 spiro atoms. The van der Waals surface area contributed by atoms with Crippen LogP contribution in [0.4, 0.5) is 5.69 Å². The average molecular weight is 350 g/mol. The number of nitrogens with one attached hydrogen (secondary N) is 3. The molecule has 3 N–H and O–H groups in total. The molecule has 0 saturated carbocycles.